The number of ketones is 3. The van der Waals surface area contributed by atoms with Gasteiger partial charge in [-0.25, -0.2) is 4.57 Å². The second-order valence-corrected chi connectivity index (χ2v) is 14.8. The molecule has 4 aliphatic carbocycles. The van der Waals surface area contributed by atoms with Crippen LogP contribution < -0.4 is 10.2 Å². The topological polar surface area (TPSA) is 122 Å². The lowest BCUT2D eigenvalue weighted by Gasteiger charge is -2.57. The van der Waals surface area contributed by atoms with E-state index in [0.29, 0.717) is 30.6 Å². The predicted molar refractivity (Wildman–Crippen MR) is 161 cm³/mol. The Kier molecular flexibility index (Phi) is 7.32. The number of fused-ring (bicyclic) bond motifs is 5. The van der Waals surface area contributed by atoms with Crippen LogP contribution in [-0.4, -0.2) is 34.7 Å². The molecule has 2 aromatic carbocycles. The molecule has 3 N–H and O–H groups in total. The van der Waals surface area contributed by atoms with Crippen molar-refractivity contribution in [3.63, 3.8) is 0 Å². The molecule has 8 nitrogen and oxygen atoms in total. The summed E-state index contributed by atoms with van der Waals surface area (Å²) in [5.41, 5.74) is -0.879. The second kappa shape index (κ2) is 10.6. The minimum atomic E-state index is -3.84. The standard InChI is InChI=1S/C33H39N2O6P/c1-31-17-15-25(36)19-22(31)13-14-26-27-16-18-33(39,32(27,2)20-28(37)30(26)31)29(38)21-41-42(40,34-23-9-5-3-6-10-23)35-24-11-7-4-8-12-24/h3-12,19,26-27,30,39H,13-18,20-21H2,1-2H3,(H2,34,35,40). The van der Waals surface area contributed by atoms with Crippen LogP contribution in [0.4, 0.5) is 11.4 Å². The normalized spacial score (nSPS) is 34.1. The number of carbonyl (C=O) groups is 3. The van der Waals surface area contributed by atoms with Crippen LogP contribution >= 0.6 is 7.67 Å². The predicted octanol–water partition coefficient (Wildman–Crippen LogP) is 6.35. The Hall–Kier alpha value is -3.06. The van der Waals surface area contributed by atoms with Crippen LogP contribution in [0.25, 0.3) is 0 Å². The Balaban J connectivity index is 1.23. The second-order valence-electron chi connectivity index (χ2n) is 13.0. The molecular formula is C33H39N2O6P. The van der Waals surface area contributed by atoms with Gasteiger partial charge >= 0.3 is 7.67 Å². The lowest BCUT2D eigenvalue weighted by atomic mass is 9.46. The van der Waals surface area contributed by atoms with Crippen molar-refractivity contribution in [1.82, 2.24) is 0 Å². The van der Waals surface area contributed by atoms with Crippen LogP contribution in [0.1, 0.15) is 58.8 Å². The molecule has 0 amide bonds. The van der Waals surface area contributed by atoms with Crippen molar-refractivity contribution < 1.29 is 28.6 Å². The van der Waals surface area contributed by atoms with Gasteiger partial charge in [0, 0.05) is 35.5 Å². The number of Topliss-reactive ketones (excluding diaryl/α,β-unsaturated/α-hetero) is 2. The highest BCUT2D eigenvalue weighted by Gasteiger charge is 2.68. The van der Waals surface area contributed by atoms with Crippen LogP contribution in [0.3, 0.4) is 0 Å². The van der Waals surface area contributed by atoms with Crippen molar-refractivity contribution >= 4 is 36.4 Å². The molecule has 0 radical (unpaired) electrons. The number of para-hydroxylation sites is 2. The fourth-order valence-corrected chi connectivity index (χ4v) is 10.0. The first-order chi connectivity index (χ1) is 20.0. The number of aliphatic hydroxyl groups is 1. The molecule has 3 fully saturated rings. The van der Waals surface area contributed by atoms with E-state index in [4.69, 9.17) is 4.52 Å². The molecule has 6 atom stereocenters. The number of rotatable bonds is 8. The molecule has 3 saturated carbocycles. The van der Waals surface area contributed by atoms with E-state index in [-0.39, 0.29) is 47.6 Å². The molecule has 0 heterocycles. The average Bonchev–Trinajstić information content (AvgIpc) is 3.23. The average molecular weight is 591 g/mol. The highest BCUT2D eigenvalue weighted by atomic mass is 31.2. The molecule has 0 saturated heterocycles. The van der Waals surface area contributed by atoms with Gasteiger partial charge in [-0.2, -0.15) is 0 Å². The summed E-state index contributed by atoms with van der Waals surface area (Å²) >= 11 is 0. The van der Waals surface area contributed by atoms with Crippen LogP contribution in [0.2, 0.25) is 0 Å². The molecule has 222 valence electrons. The van der Waals surface area contributed by atoms with Gasteiger partial charge in [-0.3, -0.25) is 29.1 Å². The molecule has 9 heteroatoms. The van der Waals surface area contributed by atoms with Crippen LogP contribution in [-0.2, 0) is 23.5 Å². The fraction of sp³-hybridized carbons (Fsp3) is 0.485. The zero-order valence-electron chi connectivity index (χ0n) is 24.2. The molecule has 0 aromatic heterocycles. The summed E-state index contributed by atoms with van der Waals surface area (Å²) in [7, 11) is -3.84. The van der Waals surface area contributed by atoms with E-state index in [9.17, 15) is 24.1 Å². The van der Waals surface area contributed by atoms with Crippen molar-refractivity contribution in [1.29, 1.82) is 0 Å². The Labute approximate surface area is 246 Å². The smallest absolute Gasteiger partial charge is 0.381 e. The Morgan fingerprint density at radius 1 is 0.952 bits per heavy atom. The van der Waals surface area contributed by atoms with E-state index in [1.165, 1.54) is 0 Å². The van der Waals surface area contributed by atoms with Gasteiger partial charge in [0.25, 0.3) is 0 Å². The third kappa shape index (κ3) is 4.78. The van der Waals surface area contributed by atoms with Crippen molar-refractivity contribution in [3.05, 3.63) is 72.3 Å². The summed E-state index contributed by atoms with van der Waals surface area (Å²) in [6, 6.07) is 17.9. The van der Waals surface area contributed by atoms with Gasteiger partial charge in [0.15, 0.2) is 11.6 Å². The van der Waals surface area contributed by atoms with Gasteiger partial charge < -0.3 is 5.11 Å². The highest BCUT2D eigenvalue weighted by molar-refractivity contribution is 7.62. The number of carbonyl (C=O) groups excluding carboxylic acids is 3. The van der Waals surface area contributed by atoms with Crippen molar-refractivity contribution in [2.45, 2.75) is 64.4 Å². The summed E-state index contributed by atoms with van der Waals surface area (Å²) in [5.74, 6) is -0.535. The number of hydrogen-bond donors (Lipinski definition) is 3. The first-order valence-electron chi connectivity index (χ1n) is 14.9. The molecule has 0 aliphatic heterocycles. The SMILES string of the molecule is CC12CCC(=O)C=C1CCC1C2C(=O)CC2(C)C1CCC2(O)C(=O)COP(=O)(Nc1ccccc1)Nc1ccccc1. The molecule has 6 unspecified atom stereocenters. The van der Waals surface area contributed by atoms with Crippen molar-refractivity contribution in [2.24, 2.45) is 28.6 Å². The largest absolute Gasteiger partial charge is 0.392 e. The number of hydrogen-bond acceptors (Lipinski definition) is 6. The highest BCUT2D eigenvalue weighted by Crippen LogP contribution is 2.66. The summed E-state index contributed by atoms with van der Waals surface area (Å²) in [6.07, 6.45) is 5.37. The molecule has 42 heavy (non-hydrogen) atoms. The van der Waals surface area contributed by atoms with E-state index >= 15 is 0 Å². The van der Waals surface area contributed by atoms with Crippen LogP contribution in [0.5, 0.6) is 0 Å². The summed E-state index contributed by atoms with van der Waals surface area (Å²) in [6.45, 7) is 3.42. The van der Waals surface area contributed by atoms with Gasteiger partial charge in [-0.05, 0) is 79.7 Å². The Bertz CT molecular complexity index is 1430. The number of allylic oxidation sites excluding steroid dienone is 1. The lowest BCUT2D eigenvalue weighted by molar-refractivity contribution is -0.170. The molecule has 6 rings (SSSR count). The van der Waals surface area contributed by atoms with Crippen molar-refractivity contribution in [2.75, 3.05) is 16.8 Å². The zero-order valence-corrected chi connectivity index (χ0v) is 25.1. The quantitative estimate of drug-likeness (QED) is 0.304. The third-order valence-electron chi connectivity index (χ3n) is 10.7. The van der Waals surface area contributed by atoms with E-state index in [2.05, 4.69) is 17.1 Å². The molecule has 2 aromatic rings. The van der Waals surface area contributed by atoms with E-state index in [1.807, 2.05) is 19.1 Å². The summed E-state index contributed by atoms with van der Waals surface area (Å²) in [4.78, 5) is 39.9. The fourth-order valence-electron chi connectivity index (χ4n) is 8.57. The molecule has 0 bridgehead atoms. The molecule has 4 aliphatic rings. The first kappa shape index (κ1) is 29.0. The Morgan fingerprint density at radius 3 is 2.19 bits per heavy atom. The van der Waals surface area contributed by atoms with Gasteiger partial charge in [0.05, 0.1) is 0 Å². The zero-order chi connectivity index (χ0) is 29.8. The maximum atomic E-state index is 14.0. The number of benzene rings is 2. The maximum Gasteiger partial charge on any atom is 0.392 e. The first-order valence-corrected chi connectivity index (χ1v) is 16.5. The molecular weight excluding hydrogens is 551 g/mol. The van der Waals surface area contributed by atoms with Gasteiger partial charge in [-0.15, -0.1) is 0 Å². The third-order valence-corrected chi connectivity index (χ3v) is 12.3. The van der Waals surface area contributed by atoms with Crippen LogP contribution in [0, 0.1) is 28.6 Å². The number of anilines is 2. The summed E-state index contributed by atoms with van der Waals surface area (Å²) in [5, 5.41) is 17.9. The minimum Gasteiger partial charge on any atom is -0.381 e. The minimum absolute atomic E-state index is 0.0122. The van der Waals surface area contributed by atoms with E-state index < -0.39 is 31.1 Å². The van der Waals surface area contributed by atoms with E-state index in [1.54, 1.807) is 54.6 Å². The molecule has 0 spiro atoms. The van der Waals surface area contributed by atoms with Gasteiger partial charge in [0.1, 0.15) is 18.0 Å². The summed E-state index contributed by atoms with van der Waals surface area (Å²) < 4.78 is 19.8. The van der Waals surface area contributed by atoms with Gasteiger partial charge in [-0.1, -0.05) is 55.8 Å². The monoisotopic (exact) mass is 590 g/mol. The number of nitrogens with one attached hydrogen (secondary N) is 2. The van der Waals surface area contributed by atoms with Crippen molar-refractivity contribution in [3.8, 4) is 0 Å². The van der Waals surface area contributed by atoms with Gasteiger partial charge in [0.2, 0.25) is 0 Å². The van der Waals surface area contributed by atoms with Crippen LogP contribution in [0.15, 0.2) is 72.3 Å². The maximum absolute atomic E-state index is 14.0. The Morgan fingerprint density at radius 2 is 1.57 bits per heavy atom. The lowest BCUT2D eigenvalue weighted by Crippen LogP contribution is -2.61. The van der Waals surface area contributed by atoms with E-state index in [0.717, 1.165) is 18.4 Å².